The van der Waals surface area contributed by atoms with Crippen molar-refractivity contribution in [3.63, 3.8) is 0 Å². The van der Waals surface area contributed by atoms with Gasteiger partial charge in [-0.2, -0.15) is 0 Å². The van der Waals surface area contributed by atoms with Crippen molar-refractivity contribution in [3.8, 4) is 0 Å². The molecule has 0 bridgehead atoms. The van der Waals surface area contributed by atoms with Gasteiger partial charge in [0.2, 0.25) is 5.91 Å². The van der Waals surface area contributed by atoms with Crippen LogP contribution in [0.1, 0.15) is 39.0 Å². The Morgan fingerprint density at radius 2 is 1.81 bits per heavy atom. The first-order valence-corrected chi connectivity index (χ1v) is 7.92. The topological polar surface area (TPSA) is 53.0 Å². The van der Waals surface area contributed by atoms with Crippen LogP contribution < -0.4 is 0 Å². The van der Waals surface area contributed by atoms with Gasteiger partial charge in [-0.1, -0.05) is 19.3 Å². The maximum absolute atomic E-state index is 11.2. The molecule has 1 saturated carbocycles. The van der Waals surface area contributed by atoms with E-state index in [1.165, 1.54) is 19.3 Å². The summed E-state index contributed by atoms with van der Waals surface area (Å²) in [4.78, 5) is 15.3. The first-order valence-electron chi connectivity index (χ1n) is 7.92. The van der Waals surface area contributed by atoms with Crippen LogP contribution in [0, 0.1) is 0 Å². The molecular formula is C15H29ClN2O3. The lowest BCUT2D eigenvalue weighted by Gasteiger charge is -2.35. The molecule has 2 rings (SSSR count). The summed E-state index contributed by atoms with van der Waals surface area (Å²) in [6.07, 6.45) is 6.06. The third-order valence-electron chi connectivity index (χ3n) is 4.36. The van der Waals surface area contributed by atoms with E-state index in [1.54, 1.807) is 6.92 Å². The SMILES string of the molecule is CC(=O)N1CCN(CC(O)COC2CCCCC2)CC1.Cl. The number of amides is 1. The highest BCUT2D eigenvalue weighted by Gasteiger charge is 2.21. The number of aliphatic hydroxyl groups is 1. The number of carbonyl (C=O) groups excluding carboxylic acids is 1. The molecule has 1 N–H and O–H groups in total. The first-order chi connectivity index (χ1) is 9.65. The van der Waals surface area contributed by atoms with E-state index in [9.17, 15) is 9.90 Å². The summed E-state index contributed by atoms with van der Waals surface area (Å²) in [5, 5.41) is 10.1. The third-order valence-corrected chi connectivity index (χ3v) is 4.36. The second kappa shape index (κ2) is 9.62. The highest BCUT2D eigenvalue weighted by atomic mass is 35.5. The molecule has 1 atom stereocenters. The summed E-state index contributed by atoms with van der Waals surface area (Å²) in [6, 6.07) is 0. The minimum Gasteiger partial charge on any atom is -0.389 e. The quantitative estimate of drug-likeness (QED) is 0.829. The van der Waals surface area contributed by atoms with Gasteiger partial charge in [0.25, 0.3) is 0 Å². The van der Waals surface area contributed by atoms with E-state index >= 15 is 0 Å². The average molecular weight is 321 g/mol. The number of β-amino-alcohol motifs (C(OH)–C–C–N with tert-alkyl or cyclic N) is 1. The van der Waals surface area contributed by atoms with Crippen molar-refractivity contribution in [2.45, 2.75) is 51.2 Å². The van der Waals surface area contributed by atoms with Crippen LogP contribution >= 0.6 is 12.4 Å². The van der Waals surface area contributed by atoms with Crippen LogP contribution in [0.4, 0.5) is 0 Å². The maximum Gasteiger partial charge on any atom is 0.219 e. The van der Waals surface area contributed by atoms with Gasteiger partial charge in [-0.15, -0.1) is 12.4 Å². The minimum atomic E-state index is -0.416. The Morgan fingerprint density at radius 3 is 2.38 bits per heavy atom. The summed E-state index contributed by atoms with van der Waals surface area (Å²) in [5.41, 5.74) is 0. The van der Waals surface area contributed by atoms with Crippen LogP contribution in [0.25, 0.3) is 0 Å². The first kappa shape index (κ1) is 18.7. The lowest BCUT2D eigenvalue weighted by atomic mass is 9.98. The minimum absolute atomic E-state index is 0. The fraction of sp³-hybridized carbons (Fsp3) is 0.933. The highest BCUT2D eigenvalue weighted by molar-refractivity contribution is 5.85. The molecule has 0 aromatic carbocycles. The van der Waals surface area contributed by atoms with Crippen LogP contribution in [0.3, 0.4) is 0 Å². The van der Waals surface area contributed by atoms with Gasteiger partial charge in [0, 0.05) is 39.6 Å². The lowest BCUT2D eigenvalue weighted by molar-refractivity contribution is -0.130. The zero-order chi connectivity index (χ0) is 14.4. The average Bonchev–Trinajstić information content (AvgIpc) is 2.47. The van der Waals surface area contributed by atoms with E-state index in [4.69, 9.17) is 4.74 Å². The number of carbonyl (C=O) groups is 1. The van der Waals surface area contributed by atoms with E-state index < -0.39 is 6.10 Å². The van der Waals surface area contributed by atoms with E-state index in [-0.39, 0.29) is 18.3 Å². The standard InChI is InChI=1S/C15H28N2O3.ClH/c1-13(18)17-9-7-16(8-10-17)11-14(19)12-20-15-5-3-2-4-6-15;/h14-15,19H,2-12H2,1H3;1H. The van der Waals surface area contributed by atoms with E-state index in [0.717, 1.165) is 39.0 Å². The fourth-order valence-electron chi connectivity index (χ4n) is 3.08. The van der Waals surface area contributed by atoms with Crippen LogP contribution in [-0.4, -0.2) is 72.4 Å². The molecule has 0 aromatic heterocycles. The molecule has 2 aliphatic rings. The monoisotopic (exact) mass is 320 g/mol. The predicted molar refractivity (Wildman–Crippen MR) is 84.8 cm³/mol. The van der Waals surface area contributed by atoms with Gasteiger partial charge in [0.05, 0.1) is 18.8 Å². The van der Waals surface area contributed by atoms with Crippen molar-refractivity contribution in [1.82, 2.24) is 9.80 Å². The Hall–Kier alpha value is -0.360. The van der Waals surface area contributed by atoms with E-state index in [2.05, 4.69) is 4.90 Å². The van der Waals surface area contributed by atoms with E-state index in [0.29, 0.717) is 19.3 Å². The highest BCUT2D eigenvalue weighted by Crippen LogP contribution is 2.20. The second-order valence-electron chi connectivity index (χ2n) is 6.05. The third kappa shape index (κ3) is 6.51. The molecule has 1 aliphatic carbocycles. The van der Waals surface area contributed by atoms with Crippen molar-refractivity contribution >= 4 is 18.3 Å². The molecule has 6 heteroatoms. The Morgan fingerprint density at radius 1 is 1.19 bits per heavy atom. The van der Waals surface area contributed by atoms with Crippen LogP contribution in [-0.2, 0) is 9.53 Å². The largest absolute Gasteiger partial charge is 0.389 e. The molecule has 1 amide bonds. The van der Waals surface area contributed by atoms with Crippen molar-refractivity contribution < 1.29 is 14.6 Å². The smallest absolute Gasteiger partial charge is 0.219 e. The van der Waals surface area contributed by atoms with Gasteiger partial charge in [0.15, 0.2) is 0 Å². The zero-order valence-electron chi connectivity index (χ0n) is 13.0. The van der Waals surface area contributed by atoms with Crippen LogP contribution in [0.2, 0.25) is 0 Å². The van der Waals surface area contributed by atoms with Crippen LogP contribution in [0.15, 0.2) is 0 Å². The number of ether oxygens (including phenoxy) is 1. The Bertz CT molecular complexity index is 303. The molecule has 5 nitrogen and oxygen atoms in total. The second-order valence-corrected chi connectivity index (χ2v) is 6.05. The Balaban J connectivity index is 0.00000220. The van der Waals surface area contributed by atoms with Gasteiger partial charge >= 0.3 is 0 Å². The number of piperazine rings is 1. The molecule has 124 valence electrons. The molecule has 2 fully saturated rings. The summed E-state index contributed by atoms with van der Waals surface area (Å²) in [6.45, 7) is 5.94. The lowest BCUT2D eigenvalue weighted by Crippen LogP contribution is -2.50. The normalized spacial score (nSPS) is 22.7. The number of aliphatic hydroxyl groups excluding tert-OH is 1. The number of rotatable bonds is 5. The zero-order valence-corrected chi connectivity index (χ0v) is 13.8. The molecule has 0 aromatic rings. The van der Waals surface area contributed by atoms with Gasteiger partial charge in [-0.05, 0) is 12.8 Å². The number of halogens is 1. The Kier molecular flexibility index (Phi) is 8.56. The molecular weight excluding hydrogens is 292 g/mol. The predicted octanol–water partition coefficient (Wildman–Crippen LogP) is 1.28. The molecule has 21 heavy (non-hydrogen) atoms. The van der Waals surface area contributed by atoms with Crippen molar-refractivity contribution in [1.29, 1.82) is 0 Å². The molecule has 1 unspecified atom stereocenters. The van der Waals surface area contributed by atoms with E-state index in [1.807, 2.05) is 4.90 Å². The van der Waals surface area contributed by atoms with Gasteiger partial charge in [-0.25, -0.2) is 0 Å². The van der Waals surface area contributed by atoms with Crippen molar-refractivity contribution in [2.24, 2.45) is 0 Å². The molecule has 1 heterocycles. The molecule has 1 saturated heterocycles. The van der Waals surface area contributed by atoms with Crippen molar-refractivity contribution in [3.05, 3.63) is 0 Å². The van der Waals surface area contributed by atoms with Gasteiger partial charge in [0.1, 0.15) is 0 Å². The Labute approximate surface area is 134 Å². The van der Waals surface area contributed by atoms with Crippen molar-refractivity contribution in [2.75, 3.05) is 39.3 Å². The summed E-state index contributed by atoms with van der Waals surface area (Å²) < 4.78 is 5.80. The number of hydrogen-bond donors (Lipinski definition) is 1. The number of hydrogen-bond acceptors (Lipinski definition) is 4. The number of nitrogens with zero attached hydrogens (tertiary/aromatic N) is 2. The van der Waals surface area contributed by atoms with Gasteiger partial charge < -0.3 is 14.7 Å². The van der Waals surface area contributed by atoms with Gasteiger partial charge in [-0.3, -0.25) is 9.69 Å². The fourth-order valence-corrected chi connectivity index (χ4v) is 3.08. The summed E-state index contributed by atoms with van der Waals surface area (Å²) >= 11 is 0. The van der Waals surface area contributed by atoms with Crippen LogP contribution in [0.5, 0.6) is 0 Å². The molecule has 0 radical (unpaired) electrons. The molecule has 1 aliphatic heterocycles. The summed E-state index contributed by atoms with van der Waals surface area (Å²) in [7, 11) is 0. The summed E-state index contributed by atoms with van der Waals surface area (Å²) in [5.74, 6) is 0.144. The maximum atomic E-state index is 11.2. The molecule has 0 spiro atoms.